The van der Waals surface area contributed by atoms with Crippen molar-refractivity contribution in [1.82, 2.24) is 15.1 Å². The van der Waals surface area contributed by atoms with E-state index in [1.807, 2.05) is 0 Å². The Balaban J connectivity index is 1.46. The summed E-state index contributed by atoms with van der Waals surface area (Å²) in [4.78, 5) is 5.21. The summed E-state index contributed by atoms with van der Waals surface area (Å²) in [7, 11) is 2.25. The van der Waals surface area contributed by atoms with Crippen molar-refractivity contribution >= 4 is 0 Å². The fraction of sp³-hybridized carbons (Fsp3) is 1.00. The van der Waals surface area contributed by atoms with Gasteiger partial charge in [-0.2, -0.15) is 0 Å². The summed E-state index contributed by atoms with van der Waals surface area (Å²) in [6.07, 6.45) is 2.83. The molecule has 2 atom stereocenters. The van der Waals surface area contributed by atoms with Gasteiger partial charge in [0.1, 0.15) is 0 Å². The van der Waals surface area contributed by atoms with Gasteiger partial charge in [0.2, 0.25) is 0 Å². The van der Waals surface area contributed by atoms with Crippen molar-refractivity contribution < 1.29 is 0 Å². The van der Waals surface area contributed by atoms with E-state index >= 15 is 0 Å². The molecule has 3 heteroatoms. The SMILES string of the molecule is CN1CCC(CN2CC3CNCC3C2)CC1. The van der Waals surface area contributed by atoms with Gasteiger partial charge in [-0.25, -0.2) is 0 Å². The lowest BCUT2D eigenvalue weighted by atomic mass is 9.97. The van der Waals surface area contributed by atoms with Crippen LogP contribution in [0.4, 0.5) is 0 Å². The molecule has 0 bridgehead atoms. The molecule has 2 unspecified atom stereocenters. The van der Waals surface area contributed by atoms with Crippen molar-refractivity contribution in [3.05, 3.63) is 0 Å². The van der Waals surface area contributed by atoms with Gasteiger partial charge in [-0.05, 0) is 63.8 Å². The Bertz CT molecular complexity index is 223. The van der Waals surface area contributed by atoms with Gasteiger partial charge >= 0.3 is 0 Å². The fourth-order valence-corrected chi connectivity index (χ4v) is 3.71. The monoisotopic (exact) mass is 223 g/mol. The minimum atomic E-state index is 0.964. The van der Waals surface area contributed by atoms with E-state index in [9.17, 15) is 0 Å². The Kier molecular flexibility index (Phi) is 3.18. The second-order valence-corrected chi connectivity index (χ2v) is 6.14. The number of nitrogens with one attached hydrogen (secondary N) is 1. The number of likely N-dealkylation sites (tertiary alicyclic amines) is 2. The van der Waals surface area contributed by atoms with E-state index in [2.05, 4.69) is 22.2 Å². The Morgan fingerprint density at radius 3 is 2.31 bits per heavy atom. The summed E-state index contributed by atoms with van der Waals surface area (Å²) < 4.78 is 0. The maximum absolute atomic E-state index is 3.52. The average Bonchev–Trinajstić information content (AvgIpc) is 2.81. The van der Waals surface area contributed by atoms with Crippen molar-refractivity contribution in [3.8, 4) is 0 Å². The van der Waals surface area contributed by atoms with Crippen molar-refractivity contribution in [3.63, 3.8) is 0 Å². The van der Waals surface area contributed by atoms with Crippen molar-refractivity contribution in [2.24, 2.45) is 17.8 Å². The smallest absolute Gasteiger partial charge is 0.00257 e. The predicted octanol–water partition coefficient (Wildman–Crippen LogP) is 0.479. The van der Waals surface area contributed by atoms with Crippen LogP contribution >= 0.6 is 0 Å². The highest BCUT2D eigenvalue weighted by Crippen LogP contribution is 2.28. The molecule has 3 rings (SSSR count). The highest BCUT2D eigenvalue weighted by molar-refractivity contribution is 4.91. The lowest BCUT2D eigenvalue weighted by Gasteiger charge is -2.31. The van der Waals surface area contributed by atoms with E-state index in [0.717, 1.165) is 17.8 Å². The van der Waals surface area contributed by atoms with Crippen LogP contribution in [0, 0.1) is 17.8 Å². The molecule has 0 aromatic carbocycles. The van der Waals surface area contributed by atoms with Crippen LogP contribution in [0.1, 0.15) is 12.8 Å². The third-order valence-corrected chi connectivity index (χ3v) is 4.82. The van der Waals surface area contributed by atoms with Crippen LogP contribution in [0.25, 0.3) is 0 Å². The number of fused-ring (bicyclic) bond motifs is 1. The van der Waals surface area contributed by atoms with Gasteiger partial charge in [0, 0.05) is 19.6 Å². The zero-order chi connectivity index (χ0) is 11.0. The molecular formula is C13H25N3. The largest absolute Gasteiger partial charge is 0.316 e. The van der Waals surface area contributed by atoms with Crippen LogP contribution in [0.15, 0.2) is 0 Å². The Morgan fingerprint density at radius 2 is 1.69 bits per heavy atom. The van der Waals surface area contributed by atoms with E-state index in [4.69, 9.17) is 0 Å². The molecule has 0 spiro atoms. The summed E-state index contributed by atoms with van der Waals surface area (Å²) in [6.45, 7) is 9.28. The number of nitrogens with zero attached hydrogens (tertiary/aromatic N) is 2. The molecule has 3 fully saturated rings. The molecule has 3 aliphatic heterocycles. The fourth-order valence-electron chi connectivity index (χ4n) is 3.71. The lowest BCUT2D eigenvalue weighted by Crippen LogP contribution is -2.37. The summed E-state index contributed by atoms with van der Waals surface area (Å²) in [6, 6.07) is 0. The van der Waals surface area contributed by atoms with E-state index in [1.54, 1.807) is 0 Å². The molecule has 0 aliphatic carbocycles. The van der Waals surface area contributed by atoms with Gasteiger partial charge in [-0.15, -0.1) is 0 Å². The summed E-state index contributed by atoms with van der Waals surface area (Å²) in [5.41, 5.74) is 0. The van der Waals surface area contributed by atoms with E-state index in [-0.39, 0.29) is 0 Å². The van der Waals surface area contributed by atoms with Crippen LogP contribution in [-0.4, -0.2) is 62.7 Å². The number of piperidine rings is 1. The summed E-state index contributed by atoms with van der Waals surface area (Å²) in [5, 5.41) is 3.52. The standard InChI is InChI=1S/C13H25N3/c1-15-4-2-11(3-5-15)8-16-9-12-6-14-7-13(12)10-16/h11-14H,2-10H2,1H3. The molecular weight excluding hydrogens is 198 g/mol. The first-order valence-corrected chi connectivity index (χ1v) is 6.93. The summed E-state index contributed by atoms with van der Waals surface area (Å²) in [5.74, 6) is 2.90. The highest BCUT2D eigenvalue weighted by Gasteiger charge is 2.36. The molecule has 92 valence electrons. The van der Waals surface area contributed by atoms with E-state index in [1.165, 1.54) is 58.7 Å². The van der Waals surface area contributed by atoms with Gasteiger partial charge in [0.15, 0.2) is 0 Å². The first-order valence-electron chi connectivity index (χ1n) is 6.93. The van der Waals surface area contributed by atoms with Crippen LogP contribution in [0.3, 0.4) is 0 Å². The number of hydrogen-bond acceptors (Lipinski definition) is 3. The molecule has 3 aliphatic rings. The Labute approximate surface area is 99.2 Å². The molecule has 16 heavy (non-hydrogen) atoms. The van der Waals surface area contributed by atoms with Crippen molar-refractivity contribution in [2.45, 2.75) is 12.8 Å². The Morgan fingerprint density at radius 1 is 1.06 bits per heavy atom. The lowest BCUT2D eigenvalue weighted by molar-refractivity contribution is 0.171. The number of hydrogen-bond donors (Lipinski definition) is 1. The molecule has 3 heterocycles. The third kappa shape index (κ3) is 2.27. The molecule has 3 saturated heterocycles. The zero-order valence-corrected chi connectivity index (χ0v) is 10.5. The first-order chi connectivity index (χ1) is 7.81. The normalized spacial score (nSPS) is 38.1. The molecule has 0 aromatic heterocycles. The second-order valence-electron chi connectivity index (χ2n) is 6.14. The second kappa shape index (κ2) is 4.63. The van der Waals surface area contributed by atoms with Crippen LogP contribution in [0.5, 0.6) is 0 Å². The van der Waals surface area contributed by atoms with E-state index < -0.39 is 0 Å². The zero-order valence-electron chi connectivity index (χ0n) is 10.5. The molecule has 0 saturated carbocycles. The van der Waals surface area contributed by atoms with Crippen molar-refractivity contribution in [2.75, 3.05) is 52.9 Å². The molecule has 0 radical (unpaired) electrons. The maximum atomic E-state index is 3.52. The van der Waals surface area contributed by atoms with Crippen LogP contribution < -0.4 is 5.32 Å². The molecule has 0 aromatic rings. The Hall–Kier alpha value is -0.120. The minimum absolute atomic E-state index is 0.964. The maximum Gasteiger partial charge on any atom is 0.00257 e. The van der Waals surface area contributed by atoms with Crippen LogP contribution in [0.2, 0.25) is 0 Å². The van der Waals surface area contributed by atoms with Crippen LogP contribution in [-0.2, 0) is 0 Å². The molecule has 1 N–H and O–H groups in total. The van der Waals surface area contributed by atoms with Gasteiger partial charge in [-0.3, -0.25) is 0 Å². The molecule has 0 amide bonds. The minimum Gasteiger partial charge on any atom is -0.316 e. The quantitative estimate of drug-likeness (QED) is 0.734. The van der Waals surface area contributed by atoms with Gasteiger partial charge in [0.05, 0.1) is 0 Å². The van der Waals surface area contributed by atoms with Crippen molar-refractivity contribution in [1.29, 1.82) is 0 Å². The van der Waals surface area contributed by atoms with Gasteiger partial charge < -0.3 is 15.1 Å². The number of rotatable bonds is 2. The summed E-state index contributed by atoms with van der Waals surface area (Å²) >= 11 is 0. The molecule has 3 nitrogen and oxygen atoms in total. The van der Waals surface area contributed by atoms with E-state index in [0.29, 0.717) is 0 Å². The highest BCUT2D eigenvalue weighted by atomic mass is 15.2. The van der Waals surface area contributed by atoms with Gasteiger partial charge in [-0.1, -0.05) is 0 Å². The third-order valence-electron chi connectivity index (χ3n) is 4.82. The first kappa shape index (κ1) is 11.0. The average molecular weight is 223 g/mol. The predicted molar refractivity (Wildman–Crippen MR) is 66.5 cm³/mol. The van der Waals surface area contributed by atoms with Gasteiger partial charge in [0.25, 0.3) is 0 Å². The topological polar surface area (TPSA) is 18.5 Å².